The van der Waals surface area contributed by atoms with E-state index in [0.717, 1.165) is 49.7 Å². The van der Waals surface area contributed by atoms with Crippen molar-refractivity contribution in [2.45, 2.75) is 25.3 Å². The third kappa shape index (κ3) is 2.27. The first-order valence-corrected chi connectivity index (χ1v) is 7.60. The van der Waals surface area contributed by atoms with Crippen molar-refractivity contribution in [1.82, 2.24) is 4.90 Å². The van der Waals surface area contributed by atoms with Crippen LogP contribution in [0, 0.1) is 0 Å². The predicted molar refractivity (Wildman–Crippen MR) is 84.5 cm³/mol. The highest BCUT2D eigenvalue weighted by molar-refractivity contribution is 6.31. The number of likely N-dealkylation sites (tertiary alicyclic amines) is 1. The van der Waals surface area contributed by atoms with Crippen LogP contribution in [0.3, 0.4) is 0 Å². The molecule has 0 saturated carbocycles. The zero-order chi connectivity index (χ0) is 14.2. The van der Waals surface area contributed by atoms with Crippen molar-refractivity contribution in [2.75, 3.05) is 31.1 Å². The summed E-state index contributed by atoms with van der Waals surface area (Å²) in [4.78, 5) is 9.19. The second-order valence-corrected chi connectivity index (χ2v) is 6.08. The predicted octanol–water partition coefficient (Wildman–Crippen LogP) is 2.33. The molecule has 20 heavy (non-hydrogen) atoms. The van der Waals surface area contributed by atoms with Crippen molar-refractivity contribution < 1.29 is 0 Å². The summed E-state index contributed by atoms with van der Waals surface area (Å²) in [7, 11) is 0. The maximum Gasteiger partial charge on any atom is 0.196 e. The van der Waals surface area contributed by atoms with Crippen LogP contribution in [0.1, 0.15) is 19.8 Å². The van der Waals surface area contributed by atoms with Gasteiger partial charge in [0, 0.05) is 23.8 Å². The molecule has 0 unspecified atom stereocenters. The van der Waals surface area contributed by atoms with Crippen LogP contribution in [-0.4, -0.2) is 42.6 Å². The number of hydrogen-bond acceptors (Lipinski definition) is 4. The molecule has 4 nitrogen and oxygen atoms in total. The van der Waals surface area contributed by atoms with Gasteiger partial charge in [0.25, 0.3) is 0 Å². The average molecular weight is 293 g/mol. The lowest BCUT2D eigenvalue weighted by molar-refractivity contribution is 0.178. The quantitative estimate of drug-likeness (QED) is 0.910. The highest BCUT2D eigenvalue weighted by atomic mass is 35.5. The van der Waals surface area contributed by atoms with E-state index in [1.54, 1.807) is 0 Å². The fraction of sp³-hybridized carbons (Fsp3) is 0.533. The van der Waals surface area contributed by atoms with Gasteiger partial charge in [-0.3, -0.25) is 4.99 Å². The zero-order valence-electron chi connectivity index (χ0n) is 11.8. The molecule has 2 N–H and O–H groups in total. The molecule has 0 radical (unpaired) electrons. The van der Waals surface area contributed by atoms with E-state index in [0.29, 0.717) is 5.96 Å². The first kappa shape index (κ1) is 13.7. The van der Waals surface area contributed by atoms with Crippen LogP contribution in [0.15, 0.2) is 29.3 Å². The Labute approximate surface area is 125 Å². The highest BCUT2D eigenvalue weighted by Gasteiger charge is 2.44. The second kappa shape index (κ2) is 5.26. The van der Waals surface area contributed by atoms with Crippen LogP contribution in [-0.2, 0) is 0 Å². The zero-order valence-corrected chi connectivity index (χ0v) is 12.6. The summed E-state index contributed by atoms with van der Waals surface area (Å²) in [6, 6.07) is 7.90. The monoisotopic (exact) mass is 292 g/mol. The number of guanidine groups is 1. The maximum atomic E-state index is 6.15. The van der Waals surface area contributed by atoms with Gasteiger partial charge < -0.3 is 15.5 Å². The smallest absolute Gasteiger partial charge is 0.196 e. The summed E-state index contributed by atoms with van der Waals surface area (Å²) in [5, 5.41) is 0.739. The van der Waals surface area contributed by atoms with Crippen LogP contribution in [0.2, 0.25) is 5.02 Å². The van der Waals surface area contributed by atoms with Gasteiger partial charge in [0.2, 0.25) is 0 Å². The third-order valence-electron chi connectivity index (χ3n) is 4.54. The Morgan fingerprint density at radius 3 is 2.75 bits per heavy atom. The second-order valence-electron chi connectivity index (χ2n) is 5.65. The lowest BCUT2D eigenvalue weighted by atomic mass is 9.86. The molecule has 2 aliphatic heterocycles. The van der Waals surface area contributed by atoms with E-state index in [9.17, 15) is 0 Å². The molecule has 0 atom stereocenters. The van der Waals surface area contributed by atoms with Gasteiger partial charge in [-0.1, -0.05) is 24.6 Å². The molecule has 2 heterocycles. The van der Waals surface area contributed by atoms with Gasteiger partial charge in [-0.15, -0.1) is 0 Å². The van der Waals surface area contributed by atoms with Crippen LogP contribution in [0.5, 0.6) is 0 Å². The summed E-state index contributed by atoms with van der Waals surface area (Å²) in [6.07, 6.45) is 2.19. The Morgan fingerprint density at radius 1 is 1.35 bits per heavy atom. The molecular formula is C15H21ClN4. The lowest BCUT2D eigenvalue weighted by Crippen LogP contribution is -2.57. The summed E-state index contributed by atoms with van der Waals surface area (Å²) >= 11 is 6.13. The van der Waals surface area contributed by atoms with E-state index in [1.807, 2.05) is 18.2 Å². The minimum atomic E-state index is 0.0421. The van der Waals surface area contributed by atoms with E-state index in [4.69, 9.17) is 17.3 Å². The normalized spacial score (nSPS) is 22.3. The van der Waals surface area contributed by atoms with Gasteiger partial charge in [-0.25, -0.2) is 0 Å². The molecule has 5 heteroatoms. The molecule has 1 aromatic carbocycles. The van der Waals surface area contributed by atoms with E-state index in [-0.39, 0.29) is 5.54 Å². The van der Waals surface area contributed by atoms with Gasteiger partial charge in [0.1, 0.15) is 0 Å². The molecule has 0 bridgehead atoms. The van der Waals surface area contributed by atoms with Gasteiger partial charge in [-0.2, -0.15) is 0 Å². The molecule has 1 spiro atoms. The Kier molecular flexibility index (Phi) is 3.61. The minimum Gasteiger partial charge on any atom is -0.369 e. The first-order chi connectivity index (χ1) is 9.64. The van der Waals surface area contributed by atoms with E-state index in [1.165, 1.54) is 0 Å². The van der Waals surface area contributed by atoms with Crippen molar-refractivity contribution in [3.63, 3.8) is 0 Å². The van der Waals surface area contributed by atoms with Gasteiger partial charge in [0.15, 0.2) is 5.96 Å². The largest absolute Gasteiger partial charge is 0.369 e. The average Bonchev–Trinajstić information content (AvgIpc) is 2.77. The molecule has 1 saturated heterocycles. The number of piperidine rings is 1. The number of halogens is 1. The number of nitrogens with two attached hydrogens (primary N) is 1. The molecule has 0 aliphatic carbocycles. The van der Waals surface area contributed by atoms with Crippen LogP contribution in [0.25, 0.3) is 0 Å². The molecule has 3 rings (SSSR count). The molecule has 0 aromatic heterocycles. The van der Waals surface area contributed by atoms with Crippen molar-refractivity contribution in [3.8, 4) is 0 Å². The van der Waals surface area contributed by atoms with Crippen molar-refractivity contribution in [2.24, 2.45) is 10.7 Å². The first-order valence-electron chi connectivity index (χ1n) is 7.23. The number of anilines is 1. The Balaban J connectivity index is 1.89. The molecule has 1 aromatic rings. The van der Waals surface area contributed by atoms with E-state index < -0.39 is 0 Å². The van der Waals surface area contributed by atoms with Crippen molar-refractivity contribution in [1.29, 1.82) is 0 Å². The molecule has 0 amide bonds. The Hall–Kier alpha value is -1.26. The lowest BCUT2D eigenvalue weighted by Gasteiger charge is -2.45. The van der Waals surface area contributed by atoms with Crippen molar-refractivity contribution >= 4 is 23.2 Å². The number of rotatable bonds is 2. The third-order valence-corrected chi connectivity index (χ3v) is 4.77. The van der Waals surface area contributed by atoms with Crippen molar-refractivity contribution in [3.05, 3.63) is 29.3 Å². The summed E-state index contributed by atoms with van der Waals surface area (Å²) in [5.41, 5.74) is 7.25. The van der Waals surface area contributed by atoms with Crippen LogP contribution >= 0.6 is 11.6 Å². The summed E-state index contributed by atoms with van der Waals surface area (Å²) in [5.74, 6) is 0.622. The minimum absolute atomic E-state index is 0.0421. The van der Waals surface area contributed by atoms with Crippen LogP contribution in [0.4, 0.5) is 5.69 Å². The number of hydrogen-bond donors (Lipinski definition) is 1. The van der Waals surface area contributed by atoms with E-state index >= 15 is 0 Å². The summed E-state index contributed by atoms with van der Waals surface area (Å²) < 4.78 is 0. The molecule has 108 valence electrons. The highest BCUT2D eigenvalue weighted by Crippen LogP contribution is 2.37. The van der Waals surface area contributed by atoms with E-state index in [2.05, 4.69) is 27.8 Å². The number of aliphatic imine (C=N–C) groups is 1. The molecule has 1 fully saturated rings. The summed E-state index contributed by atoms with van der Waals surface area (Å²) in [6.45, 7) is 6.34. The molecular weight excluding hydrogens is 272 g/mol. The Bertz CT molecular complexity index is 520. The van der Waals surface area contributed by atoms with Crippen LogP contribution < -0.4 is 10.6 Å². The number of benzene rings is 1. The molecule has 2 aliphatic rings. The standard InChI is InChI=1S/C15H21ClN4/c1-2-19-8-6-15(7-9-19)11-18-14(17)20(15)13-5-3-4-12(16)10-13/h3-5,10H,2,6-9,11H2,1H3,(H2,17,18). The van der Waals surface area contributed by atoms with Gasteiger partial charge in [-0.05, 0) is 37.6 Å². The van der Waals surface area contributed by atoms with Gasteiger partial charge in [0.05, 0.1) is 12.1 Å². The topological polar surface area (TPSA) is 44.9 Å². The fourth-order valence-electron chi connectivity index (χ4n) is 3.30. The Morgan fingerprint density at radius 2 is 2.10 bits per heavy atom. The maximum absolute atomic E-state index is 6.15. The van der Waals surface area contributed by atoms with Gasteiger partial charge >= 0.3 is 0 Å². The SMILES string of the molecule is CCN1CCC2(CC1)CN=C(N)N2c1cccc(Cl)c1. The number of nitrogens with zero attached hydrogens (tertiary/aromatic N) is 3. The fourth-order valence-corrected chi connectivity index (χ4v) is 3.49.